The molecule has 25 heavy (non-hydrogen) atoms. The molecule has 2 rings (SSSR count). The van der Waals surface area contributed by atoms with Gasteiger partial charge in [0.05, 0.1) is 6.26 Å². The minimum atomic E-state index is -3.15. The van der Waals surface area contributed by atoms with Gasteiger partial charge in [0.15, 0.2) is 0 Å². The van der Waals surface area contributed by atoms with Crippen molar-refractivity contribution >= 4 is 26.7 Å². The maximum atomic E-state index is 13.1. The molecule has 0 saturated heterocycles. The smallest absolute Gasteiger partial charge is 0.208 e. The second-order valence-corrected chi connectivity index (χ2v) is 9.11. The molecular weight excluding hydrogens is 363 g/mol. The fraction of sp³-hybridized carbons (Fsp3) is 0.500. The molecule has 1 aromatic carbocycles. The molecule has 6 nitrogen and oxygen atoms in total. The number of nitrogens with zero attached hydrogens (tertiary/aromatic N) is 2. The lowest BCUT2D eigenvalue weighted by molar-refractivity contribution is 0.553. The first-order valence-electron chi connectivity index (χ1n) is 7.93. The number of aromatic nitrogens is 2. The number of hydrogen-bond donors (Lipinski definition) is 2. The van der Waals surface area contributed by atoms with E-state index in [9.17, 15) is 12.8 Å². The molecule has 1 aromatic heterocycles. The Labute approximate surface area is 152 Å². The molecule has 0 unspecified atom stereocenters. The molecule has 0 amide bonds. The third kappa shape index (κ3) is 6.68. The predicted octanol–water partition coefficient (Wildman–Crippen LogP) is 2.55. The monoisotopic (exact) mass is 386 g/mol. The SMILES string of the molecule is CC(C)(CNc1nc(CCCNS(C)(=O)=O)ns1)c1ccc(F)cc1. The van der Waals surface area contributed by atoms with Crippen molar-refractivity contribution in [1.29, 1.82) is 0 Å². The van der Waals surface area contributed by atoms with Crippen molar-refractivity contribution in [1.82, 2.24) is 14.1 Å². The van der Waals surface area contributed by atoms with Gasteiger partial charge in [-0.3, -0.25) is 0 Å². The normalized spacial score (nSPS) is 12.3. The Bertz CT molecular complexity index is 789. The summed E-state index contributed by atoms with van der Waals surface area (Å²) in [4.78, 5) is 4.41. The van der Waals surface area contributed by atoms with Crippen molar-refractivity contribution in [2.45, 2.75) is 32.1 Å². The van der Waals surface area contributed by atoms with Crippen LogP contribution in [-0.2, 0) is 21.9 Å². The van der Waals surface area contributed by atoms with Gasteiger partial charge in [0.2, 0.25) is 15.2 Å². The third-order valence-corrected chi connectivity index (χ3v) is 5.16. The average Bonchev–Trinajstić information content (AvgIpc) is 2.97. The zero-order valence-corrected chi connectivity index (χ0v) is 16.2. The van der Waals surface area contributed by atoms with Crippen LogP contribution >= 0.6 is 11.5 Å². The van der Waals surface area contributed by atoms with Gasteiger partial charge in [-0.15, -0.1) is 0 Å². The minimum Gasteiger partial charge on any atom is -0.359 e. The number of halogens is 1. The molecule has 0 aliphatic carbocycles. The summed E-state index contributed by atoms with van der Waals surface area (Å²) in [5.74, 6) is 0.453. The molecule has 0 fully saturated rings. The second-order valence-electron chi connectivity index (χ2n) is 6.53. The van der Waals surface area contributed by atoms with Crippen LogP contribution in [0, 0.1) is 5.82 Å². The Morgan fingerprint density at radius 3 is 2.56 bits per heavy atom. The lowest BCUT2D eigenvalue weighted by atomic mass is 9.85. The van der Waals surface area contributed by atoms with Gasteiger partial charge >= 0.3 is 0 Å². The number of rotatable bonds is 9. The van der Waals surface area contributed by atoms with Gasteiger partial charge in [-0.25, -0.2) is 22.5 Å². The highest BCUT2D eigenvalue weighted by Gasteiger charge is 2.21. The van der Waals surface area contributed by atoms with Crippen LogP contribution in [0.25, 0.3) is 0 Å². The summed E-state index contributed by atoms with van der Waals surface area (Å²) in [6.07, 6.45) is 2.39. The van der Waals surface area contributed by atoms with Gasteiger partial charge in [0, 0.05) is 36.5 Å². The quantitative estimate of drug-likeness (QED) is 0.647. The Hall–Kier alpha value is -1.58. The molecule has 0 aliphatic rings. The van der Waals surface area contributed by atoms with E-state index < -0.39 is 10.0 Å². The molecule has 2 N–H and O–H groups in total. The topological polar surface area (TPSA) is 84.0 Å². The van der Waals surface area contributed by atoms with Crippen molar-refractivity contribution in [2.75, 3.05) is 24.7 Å². The maximum Gasteiger partial charge on any atom is 0.208 e. The largest absolute Gasteiger partial charge is 0.359 e. The number of benzene rings is 1. The summed E-state index contributed by atoms with van der Waals surface area (Å²) in [5.41, 5.74) is 0.858. The van der Waals surface area contributed by atoms with Crippen molar-refractivity contribution in [3.63, 3.8) is 0 Å². The van der Waals surface area contributed by atoms with Gasteiger partial charge < -0.3 is 5.32 Å². The van der Waals surface area contributed by atoms with Crippen LogP contribution in [0.1, 0.15) is 31.7 Å². The van der Waals surface area contributed by atoms with Gasteiger partial charge in [-0.05, 0) is 24.1 Å². The van der Waals surface area contributed by atoms with Crippen LogP contribution in [-0.4, -0.2) is 37.1 Å². The van der Waals surface area contributed by atoms with Gasteiger partial charge in [-0.1, -0.05) is 26.0 Å². The van der Waals surface area contributed by atoms with E-state index in [-0.39, 0.29) is 11.2 Å². The Morgan fingerprint density at radius 2 is 1.92 bits per heavy atom. The standard InChI is InChI=1S/C16H23FN4O2S2/c1-16(2,12-6-8-13(17)9-7-12)11-18-15-20-14(21-24-15)5-4-10-19-25(3,22)23/h6-9,19H,4-5,10-11H2,1-3H3,(H,18,20,21). The molecule has 0 bridgehead atoms. The van der Waals surface area contributed by atoms with E-state index in [1.54, 1.807) is 12.1 Å². The molecule has 0 saturated carbocycles. The third-order valence-electron chi connectivity index (χ3n) is 3.72. The molecular formula is C16H23FN4O2S2. The predicted molar refractivity (Wildman–Crippen MR) is 99.0 cm³/mol. The highest BCUT2D eigenvalue weighted by Crippen LogP contribution is 2.24. The fourth-order valence-electron chi connectivity index (χ4n) is 2.23. The summed E-state index contributed by atoms with van der Waals surface area (Å²) in [7, 11) is -3.15. The van der Waals surface area contributed by atoms with Crippen molar-refractivity contribution in [2.24, 2.45) is 0 Å². The highest BCUT2D eigenvalue weighted by molar-refractivity contribution is 7.88. The second kappa shape index (κ2) is 8.20. The van der Waals surface area contributed by atoms with Gasteiger partial charge in [0.25, 0.3) is 0 Å². The average molecular weight is 387 g/mol. The van der Waals surface area contributed by atoms with Crippen LogP contribution in [0.15, 0.2) is 24.3 Å². The number of sulfonamides is 1. The van der Waals surface area contributed by atoms with Crippen molar-refractivity contribution in [3.8, 4) is 0 Å². The van der Waals surface area contributed by atoms with Crippen LogP contribution in [0.3, 0.4) is 0 Å². The zero-order valence-electron chi connectivity index (χ0n) is 14.5. The Balaban J connectivity index is 1.83. The lowest BCUT2D eigenvalue weighted by Crippen LogP contribution is -2.27. The lowest BCUT2D eigenvalue weighted by Gasteiger charge is -2.25. The maximum absolute atomic E-state index is 13.1. The Morgan fingerprint density at radius 1 is 1.24 bits per heavy atom. The molecule has 2 aromatic rings. The van der Waals surface area contributed by atoms with E-state index in [2.05, 4.69) is 33.2 Å². The molecule has 0 spiro atoms. The van der Waals surface area contributed by atoms with Crippen LogP contribution in [0.4, 0.5) is 9.52 Å². The molecule has 0 atom stereocenters. The van der Waals surface area contributed by atoms with Crippen molar-refractivity contribution in [3.05, 3.63) is 41.5 Å². The van der Waals surface area contributed by atoms with Crippen LogP contribution in [0.5, 0.6) is 0 Å². The number of anilines is 1. The zero-order chi connectivity index (χ0) is 18.5. The number of aryl methyl sites for hydroxylation is 1. The van der Waals surface area contributed by atoms with E-state index in [0.717, 1.165) is 17.0 Å². The number of hydrogen-bond acceptors (Lipinski definition) is 6. The minimum absolute atomic E-state index is 0.182. The van der Waals surface area contributed by atoms with Gasteiger partial charge in [0.1, 0.15) is 11.6 Å². The molecule has 0 aliphatic heterocycles. The van der Waals surface area contributed by atoms with E-state index >= 15 is 0 Å². The number of nitrogens with one attached hydrogen (secondary N) is 2. The molecule has 0 radical (unpaired) electrons. The first-order valence-corrected chi connectivity index (χ1v) is 10.6. The summed E-state index contributed by atoms with van der Waals surface area (Å²) < 4.78 is 41.8. The first-order chi connectivity index (χ1) is 11.7. The summed E-state index contributed by atoms with van der Waals surface area (Å²) >= 11 is 1.28. The van der Waals surface area contributed by atoms with Crippen LogP contribution in [0.2, 0.25) is 0 Å². The fourth-order valence-corrected chi connectivity index (χ4v) is 3.35. The van der Waals surface area contributed by atoms with E-state index in [1.807, 2.05) is 0 Å². The van der Waals surface area contributed by atoms with E-state index in [0.29, 0.717) is 31.8 Å². The molecule has 1 heterocycles. The highest BCUT2D eigenvalue weighted by atomic mass is 32.2. The van der Waals surface area contributed by atoms with E-state index in [1.165, 1.54) is 23.7 Å². The molecule has 138 valence electrons. The Kier molecular flexibility index (Phi) is 6.47. The summed E-state index contributed by atoms with van der Waals surface area (Å²) in [5, 5.41) is 4.00. The van der Waals surface area contributed by atoms with Crippen molar-refractivity contribution < 1.29 is 12.8 Å². The summed E-state index contributed by atoms with van der Waals surface area (Å²) in [6.45, 7) is 5.17. The van der Waals surface area contributed by atoms with Crippen LogP contribution < -0.4 is 10.0 Å². The molecule has 9 heteroatoms. The van der Waals surface area contributed by atoms with E-state index in [4.69, 9.17) is 0 Å². The first kappa shape index (κ1) is 19.7. The summed E-state index contributed by atoms with van der Waals surface area (Å²) in [6, 6.07) is 6.50. The van der Waals surface area contributed by atoms with Gasteiger partial charge in [-0.2, -0.15) is 4.37 Å².